The number of hydrogen-bond donors (Lipinski definition) is 1. The van der Waals surface area contributed by atoms with Gasteiger partial charge in [0.25, 0.3) is 0 Å². The molecule has 3 fully saturated rings. The van der Waals surface area contributed by atoms with Crippen LogP contribution in [0.25, 0.3) is 0 Å². The standard InChI is InChI=1S/C15H29N3/c1-2-15(3-1)18-12-10-17(11-13-18)9-6-14-4-7-16-8-5-14/h14-16H,1-13H2. The van der Waals surface area contributed by atoms with Crippen LogP contribution >= 0.6 is 0 Å². The molecule has 1 N–H and O–H groups in total. The normalized spacial score (nSPS) is 29.3. The monoisotopic (exact) mass is 251 g/mol. The Balaban J connectivity index is 1.32. The first-order valence-corrected chi connectivity index (χ1v) is 8.09. The molecule has 2 heterocycles. The molecule has 3 rings (SSSR count). The second-order valence-electron chi connectivity index (χ2n) is 6.44. The summed E-state index contributed by atoms with van der Waals surface area (Å²) in [6.07, 6.45) is 8.65. The highest BCUT2D eigenvalue weighted by Gasteiger charge is 2.27. The molecule has 1 aliphatic carbocycles. The highest BCUT2D eigenvalue weighted by molar-refractivity contribution is 4.84. The molecule has 18 heavy (non-hydrogen) atoms. The third-order valence-electron chi connectivity index (χ3n) is 5.31. The second kappa shape index (κ2) is 6.36. The van der Waals surface area contributed by atoms with Crippen LogP contribution < -0.4 is 5.32 Å². The van der Waals surface area contributed by atoms with E-state index >= 15 is 0 Å². The zero-order valence-corrected chi connectivity index (χ0v) is 11.7. The Morgan fingerprint density at radius 3 is 2.22 bits per heavy atom. The summed E-state index contributed by atoms with van der Waals surface area (Å²) >= 11 is 0. The van der Waals surface area contributed by atoms with Crippen LogP contribution in [0.15, 0.2) is 0 Å². The van der Waals surface area contributed by atoms with E-state index in [4.69, 9.17) is 0 Å². The fourth-order valence-corrected chi connectivity index (χ4v) is 3.64. The van der Waals surface area contributed by atoms with Crippen molar-refractivity contribution in [2.75, 3.05) is 45.8 Å². The van der Waals surface area contributed by atoms with Crippen LogP contribution in [0, 0.1) is 5.92 Å². The third-order valence-corrected chi connectivity index (χ3v) is 5.31. The lowest BCUT2D eigenvalue weighted by atomic mass is 9.91. The van der Waals surface area contributed by atoms with Gasteiger partial charge in [-0.15, -0.1) is 0 Å². The highest BCUT2D eigenvalue weighted by Crippen LogP contribution is 2.25. The van der Waals surface area contributed by atoms with E-state index in [0.29, 0.717) is 0 Å². The summed E-state index contributed by atoms with van der Waals surface area (Å²) in [5.74, 6) is 0.996. The van der Waals surface area contributed by atoms with Crippen LogP contribution in [0.1, 0.15) is 38.5 Å². The van der Waals surface area contributed by atoms with Crippen LogP contribution in [0.3, 0.4) is 0 Å². The van der Waals surface area contributed by atoms with Crippen molar-refractivity contribution in [2.45, 2.75) is 44.6 Å². The van der Waals surface area contributed by atoms with Gasteiger partial charge in [0.15, 0.2) is 0 Å². The molecule has 1 saturated carbocycles. The molecule has 0 aromatic carbocycles. The number of piperidine rings is 1. The highest BCUT2D eigenvalue weighted by atomic mass is 15.3. The minimum Gasteiger partial charge on any atom is -0.317 e. The first-order valence-electron chi connectivity index (χ1n) is 8.09. The quantitative estimate of drug-likeness (QED) is 0.818. The Bertz CT molecular complexity index is 238. The van der Waals surface area contributed by atoms with Gasteiger partial charge in [0, 0.05) is 32.2 Å². The van der Waals surface area contributed by atoms with Crippen molar-refractivity contribution in [3.63, 3.8) is 0 Å². The fraction of sp³-hybridized carbons (Fsp3) is 1.00. The van der Waals surface area contributed by atoms with Crippen LogP contribution in [-0.4, -0.2) is 61.7 Å². The third kappa shape index (κ3) is 3.25. The maximum absolute atomic E-state index is 3.46. The van der Waals surface area contributed by atoms with Crippen molar-refractivity contribution in [1.29, 1.82) is 0 Å². The predicted octanol–water partition coefficient (Wildman–Crippen LogP) is 1.55. The van der Waals surface area contributed by atoms with Crippen molar-refractivity contribution in [2.24, 2.45) is 5.92 Å². The van der Waals surface area contributed by atoms with E-state index in [0.717, 1.165) is 12.0 Å². The minimum atomic E-state index is 0.955. The summed E-state index contributed by atoms with van der Waals surface area (Å²) in [6, 6.07) is 0.955. The van der Waals surface area contributed by atoms with E-state index in [2.05, 4.69) is 15.1 Å². The Labute approximate surface area is 112 Å². The lowest BCUT2D eigenvalue weighted by molar-refractivity contribution is 0.0588. The number of hydrogen-bond acceptors (Lipinski definition) is 3. The molecular weight excluding hydrogens is 222 g/mol. The molecule has 0 radical (unpaired) electrons. The molecule has 0 aromatic heterocycles. The maximum atomic E-state index is 3.46. The zero-order valence-electron chi connectivity index (χ0n) is 11.7. The van der Waals surface area contributed by atoms with Gasteiger partial charge in [-0.3, -0.25) is 4.90 Å². The summed E-state index contributed by atoms with van der Waals surface area (Å²) in [7, 11) is 0. The van der Waals surface area contributed by atoms with Gasteiger partial charge in [-0.25, -0.2) is 0 Å². The molecule has 3 heteroatoms. The van der Waals surface area contributed by atoms with E-state index in [1.54, 1.807) is 0 Å². The van der Waals surface area contributed by atoms with Crippen LogP contribution in [-0.2, 0) is 0 Å². The van der Waals surface area contributed by atoms with E-state index in [-0.39, 0.29) is 0 Å². The average molecular weight is 251 g/mol. The van der Waals surface area contributed by atoms with Crippen LogP contribution in [0.4, 0.5) is 0 Å². The van der Waals surface area contributed by atoms with Gasteiger partial charge >= 0.3 is 0 Å². The number of piperazine rings is 1. The average Bonchev–Trinajstić information content (AvgIpc) is 2.37. The first kappa shape index (κ1) is 12.9. The maximum Gasteiger partial charge on any atom is 0.0113 e. The lowest BCUT2D eigenvalue weighted by Gasteiger charge is -2.43. The van der Waals surface area contributed by atoms with Gasteiger partial charge in [-0.05, 0) is 57.7 Å². The largest absolute Gasteiger partial charge is 0.317 e. The van der Waals surface area contributed by atoms with Crippen molar-refractivity contribution < 1.29 is 0 Å². The summed E-state index contributed by atoms with van der Waals surface area (Å²) in [5, 5.41) is 3.46. The molecule has 2 saturated heterocycles. The zero-order chi connectivity index (χ0) is 12.2. The van der Waals surface area contributed by atoms with E-state index in [1.807, 2.05) is 0 Å². The van der Waals surface area contributed by atoms with Gasteiger partial charge in [0.05, 0.1) is 0 Å². The molecule has 0 unspecified atom stereocenters. The van der Waals surface area contributed by atoms with Gasteiger partial charge in [-0.1, -0.05) is 6.42 Å². The molecule has 3 nitrogen and oxygen atoms in total. The predicted molar refractivity (Wildman–Crippen MR) is 75.9 cm³/mol. The Morgan fingerprint density at radius 1 is 0.889 bits per heavy atom. The van der Waals surface area contributed by atoms with Crippen molar-refractivity contribution in [3.05, 3.63) is 0 Å². The smallest absolute Gasteiger partial charge is 0.0113 e. The Morgan fingerprint density at radius 2 is 1.61 bits per heavy atom. The Hall–Kier alpha value is -0.120. The Kier molecular flexibility index (Phi) is 4.55. The van der Waals surface area contributed by atoms with Gasteiger partial charge in [0.1, 0.15) is 0 Å². The van der Waals surface area contributed by atoms with Gasteiger partial charge < -0.3 is 10.2 Å². The SMILES string of the molecule is C1CC(N2CCN(CCC3CCNCC3)CC2)C1. The molecule has 0 atom stereocenters. The first-order chi connectivity index (χ1) is 8.92. The lowest BCUT2D eigenvalue weighted by Crippen LogP contribution is -2.52. The summed E-state index contributed by atoms with van der Waals surface area (Å²) in [4.78, 5) is 5.45. The van der Waals surface area contributed by atoms with Crippen molar-refractivity contribution in [3.8, 4) is 0 Å². The van der Waals surface area contributed by atoms with E-state index in [9.17, 15) is 0 Å². The fourth-order valence-electron chi connectivity index (χ4n) is 3.64. The van der Waals surface area contributed by atoms with Gasteiger partial charge in [-0.2, -0.15) is 0 Å². The van der Waals surface area contributed by atoms with Crippen molar-refractivity contribution >= 4 is 0 Å². The number of nitrogens with zero attached hydrogens (tertiary/aromatic N) is 2. The molecule has 0 amide bonds. The van der Waals surface area contributed by atoms with Gasteiger partial charge in [0.2, 0.25) is 0 Å². The number of rotatable bonds is 4. The molecule has 2 aliphatic heterocycles. The second-order valence-corrected chi connectivity index (χ2v) is 6.44. The number of nitrogens with one attached hydrogen (secondary N) is 1. The molecule has 3 aliphatic rings. The van der Waals surface area contributed by atoms with Crippen LogP contribution in [0.2, 0.25) is 0 Å². The molecule has 0 bridgehead atoms. The molecule has 0 aromatic rings. The summed E-state index contributed by atoms with van der Waals surface area (Å²) in [6.45, 7) is 9.15. The summed E-state index contributed by atoms with van der Waals surface area (Å²) < 4.78 is 0. The molecule has 104 valence electrons. The topological polar surface area (TPSA) is 18.5 Å². The van der Waals surface area contributed by atoms with E-state index < -0.39 is 0 Å². The minimum absolute atomic E-state index is 0.955. The molecular formula is C15H29N3. The van der Waals surface area contributed by atoms with Crippen LogP contribution in [0.5, 0.6) is 0 Å². The van der Waals surface area contributed by atoms with Crippen molar-refractivity contribution in [1.82, 2.24) is 15.1 Å². The summed E-state index contributed by atoms with van der Waals surface area (Å²) in [5.41, 5.74) is 0. The molecule has 0 spiro atoms. The van der Waals surface area contributed by atoms with E-state index in [1.165, 1.54) is 84.3 Å².